The number of ether oxygens (including phenoxy) is 2. The van der Waals surface area contributed by atoms with Crippen LogP contribution in [0.4, 0.5) is 0 Å². The molecule has 0 amide bonds. The summed E-state index contributed by atoms with van der Waals surface area (Å²) in [7, 11) is 0. The normalized spacial score (nSPS) is 50.2. The van der Waals surface area contributed by atoms with Crippen LogP contribution in [0.1, 0.15) is 65.2 Å². The molecule has 5 aliphatic rings. The van der Waals surface area contributed by atoms with Gasteiger partial charge in [-0.2, -0.15) is 0 Å². The third-order valence-corrected chi connectivity index (χ3v) is 9.60. The Morgan fingerprint density at radius 3 is 2.56 bits per heavy atom. The molecule has 1 saturated heterocycles. The monoisotopic (exact) mass is 482 g/mol. The fourth-order valence-corrected chi connectivity index (χ4v) is 8.09. The first-order valence-corrected chi connectivity index (χ1v) is 11.8. The lowest BCUT2D eigenvalue weighted by Crippen LogP contribution is -2.55. The molecule has 4 aliphatic carbocycles. The third kappa shape index (κ3) is 2.50. The summed E-state index contributed by atoms with van der Waals surface area (Å²) in [4.78, 5) is 0. The Morgan fingerprint density at radius 1 is 1.07 bits per heavy atom. The van der Waals surface area contributed by atoms with Crippen molar-refractivity contribution in [3.05, 3.63) is 11.6 Å². The second-order valence-corrected chi connectivity index (χ2v) is 10.7. The molecule has 0 radical (unpaired) electrons. The Morgan fingerprint density at radius 2 is 1.81 bits per heavy atom. The zero-order valence-corrected chi connectivity index (χ0v) is 18.7. The number of allylic oxidation sites excluding steroid dienone is 1. The summed E-state index contributed by atoms with van der Waals surface area (Å²) in [5.41, 5.74) is 1.01. The SMILES string of the molecule is C[C@]12CCC3(CC1=CC[C@@H]1[C@@H]2CC[C@@]2(C)[C@H]1CC[C@@]2(O)C#CI)OCCO3. The fraction of sp³-hybridized carbons (Fsp3) is 0.826. The molecule has 5 rings (SSSR count). The molecular formula is C23H31IO3. The highest BCUT2D eigenvalue weighted by atomic mass is 127. The second kappa shape index (κ2) is 6.20. The summed E-state index contributed by atoms with van der Waals surface area (Å²) in [6.45, 7) is 6.31. The van der Waals surface area contributed by atoms with Crippen LogP contribution >= 0.6 is 22.6 Å². The van der Waals surface area contributed by atoms with Crippen LogP contribution in [-0.2, 0) is 9.47 Å². The zero-order chi connectivity index (χ0) is 18.9. The minimum absolute atomic E-state index is 0.0540. The molecule has 3 nitrogen and oxygen atoms in total. The average Bonchev–Trinajstić information content (AvgIpc) is 3.19. The van der Waals surface area contributed by atoms with Crippen LogP contribution in [0, 0.1) is 38.4 Å². The van der Waals surface area contributed by atoms with Gasteiger partial charge in [0.05, 0.1) is 13.2 Å². The molecule has 0 aromatic rings. The molecular weight excluding hydrogens is 451 g/mol. The maximum absolute atomic E-state index is 11.3. The van der Waals surface area contributed by atoms with Crippen LogP contribution in [0.3, 0.4) is 0 Å². The Kier molecular flexibility index (Phi) is 4.34. The van der Waals surface area contributed by atoms with Gasteiger partial charge >= 0.3 is 0 Å². The standard InChI is InChI=1S/C23H31IO3/c1-20-9-10-23(26-13-14-27-23)15-16(20)3-4-17-18(20)5-7-21(2)19(17)6-8-22(21,25)11-12-24/h3,17-19,25H,4-10,13-15H2,1-2H3/t17-,18+,19+,20+,21+,22-/m1/s1. The van der Waals surface area contributed by atoms with Crippen LogP contribution in [0.2, 0.25) is 0 Å². The molecule has 0 bridgehead atoms. The fourth-order valence-electron chi connectivity index (χ4n) is 7.65. The van der Waals surface area contributed by atoms with Gasteiger partial charge in [0, 0.05) is 40.8 Å². The molecule has 3 saturated carbocycles. The van der Waals surface area contributed by atoms with Crippen molar-refractivity contribution in [3.8, 4) is 9.85 Å². The van der Waals surface area contributed by atoms with E-state index in [1.165, 1.54) is 12.8 Å². The van der Waals surface area contributed by atoms with Crippen molar-refractivity contribution in [1.82, 2.24) is 0 Å². The van der Waals surface area contributed by atoms with E-state index in [9.17, 15) is 5.11 Å². The van der Waals surface area contributed by atoms with Crippen molar-refractivity contribution in [2.24, 2.45) is 28.6 Å². The lowest BCUT2D eigenvalue weighted by atomic mass is 9.47. The second-order valence-electron chi connectivity index (χ2n) is 10.1. The number of halogens is 1. The van der Waals surface area contributed by atoms with Crippen LogP contribution in [0.25, 0.3) is 0 Å². The van der Waals surface area contributed by atoms with E-state index < -0.39 is 5.60 Å². The van der Waals surface area contributed by atoms with Gasteiger partial charge in [-0.15, -0.1) is 0 Å². The summed E-state index contributed by atoms with van der Waals surface area (Å²) in [6, 6.07) is 0. The third-order valence-electron chi connectivity index (χ3n) is 9.33. The van der Waals surface area contributed by atoms with Gasteiger partial charge in [0.15, 0.2) is 5.79 Å². The molecule has 6 atom stereocenters. The van der Waals surface area contributed by atoms with Crippen molar-refractivity contribution in [2.75, 3.05) is 13.2 Å². The van der Waals surface area contributed by atoms with Gasteiger partial charge in [0.2, 0.25) is 0 Å². The van der Waals surface area contributed by atoms with E-state index in [1.54, 1.807) is 5.57 Å². The topological polar surface area (TPSA) is 38.7 Å². The Bertz CT molecular complexity index is 730. The Hall–Kier alpha value is -0.0900. The number of aliphatic hydroxyl groups is 1. The number of hydrogen-bond donors (Lipinski definition) is 1. The lowest BCUT2D eigenvalue weighted by Gasteiger charge is -2.59. The maximum atomic E-state index is 11.3. The summed E-state index contributed by atoms with van der Waals surface area (Å²) < 4.78 is 15.1. The molecule has 0 unspecified atom stereocenters. The first-order valence-electron chi connectivity index (χ1n) is 10.7. The minimum Gasteiger partial charge on any atom is -0.377 e. The maximum Gasteiger partial charge on any atom is 0.172 e. The van der Waals surface area contributed by atoms with Gasteiger partial charge in [0.25, 0.3) is 0 Å². The van der Waals surface area contributed by atoms with Crippen LogP contribution in [0.15, 0.2) is 11.6 Å². The molecule has 1 heterocycles. The average molecular weight is 482 g/mol. The zero-order valence-electron chi connectivity index (χ0n) is 16.5. The van der Waals surface area contributed by atoms with E-state index in [0.29, 0.717) is 11.8 Å². The molecule has 4 heteroatoms. The molecule has 1 aliphatic heterocycles. The highest BCUT2D eigenvalue weighted by molar-refractivity contribution is 14.1. The quantitative estimate of drug-likeness (QED) is 0.306. The molecule has 0 aromatic carbocycles. The van der Waals surface area contributed by atoms with Crippen molar-refractivity contribution in [2.45, 2.75) is 76.6 Å². The molecule has 1 spiro atoms. The van der Waals surface area contributed by atoms with Gasteiger partial charge in [-0.05, 0) is 65.6 Å². The summed E-state index contributed by atoms with van der Waals surface area (Å²) >= 11 is 2.08. The number of fused-ring (bicyclic) bond motifs is 5. The van der Waals surface area contributed by atoms with Crippen LogP contribution in [0.5, 0.6) is 0 Å². The van der Waals surface area contributed by atoms with Gasteiger partial charge in [-0.25, -0.2) is 0 Å². The van der Waals surface area contributed by atoms with Crippen molar-refractivity contribution >= 4 is 22.6 Å². The van der Waals surface area contributed by atoms with E-state index >= 15 is 0 Å². The lowest BCUT2D eigenvalue weighted by molar-refractivity contribution is -0.186. The van der Waals surface area contributed by atoms with Crippen molar-refractivity contribution in [1.29, 1.82) is 0 Å². The van der Waals surface area contributed by atoms with Gasteiger partial charge < -0.3 is 14.6 Å². The molecule has 148 valence electrons. The number of hydrogen-bond acceptors (Lipinski definition) is 3. The predicted octanol–water partition coefficient (Wildman–Crippen LogP) is 4.82. The molecule has 0 aromatic heterocycles. The highest BCUT2D eigenvalue weighted by Crippen LogP contribution is 2.67. The van der Waals surface area contributed by atoms with Gasteiger partial charge in [-0.3, -0.25) is 0 Å². The van der Waals surface area contributed by atoms with E-state index in [-0.39, 0.29) is 16.6 Å². The number of rotatable bonds is 0. The summed E-state index contributed by atoms with van der Waals surface area (Å²) in [5, 5.41) is 11.3. The first-order chi connectivity index (χ1) is 12.9. The van der Waals surface area contributed by atoms with Crippen LogP contribution in [-0.4, -0.2) is 29.7 Å². The minimum atomic E-state index is -0.795. The van der Waals surface area contributed by atoms with Crippen LogP contribution < -0.4 is 0 Å². The molecule has 27 heavy (non-hydrogen) atoms. The van der Waals surface area contributed by atoms with Crippen molar-refractivity contribution < 1.29 is 14.6 Å². The summed E-state index contributed by atoms with van der Waals surface area (Å²) in [5.74, 6) is 4.86. The Balaban J connectivity index is 1.46. The van der Waals surface area contributed by atoms with E-state index in [0.717, 1.165) is 57.7 Å². The molecule has 4 fully saturated rings. The van der Waals surface area contributed by atoms with Gasteiger partial charge in [-0.1, -0.05) is 31.4 Å². The van der Waals surface area contributed by atoms with E-state index in [4.69, 9.17) is 9.47 Å². The van der Waals surface area contributed by atoms with E-state index in [1.807, 2.05) is 0 Å². The first kappa shape index (κ1) is 18.9. The highest BCUT2D eigenvalue weighted by Gasteiger charge is 2.64. The van der Waals surface area contributed by atoms with E-state index in [2.05, 4.69) is 52.4 Å². The largest absolute Gasteiger partial charge is 0.377 e. The smallest absolute Gasteiger partial charge is 0.172 e. The summed E-state index contributed by atoms with van der Waals surface area (Å²) in [6.07, 6.45) is 11.1. The van der Waals surface area contributed by atoms with Crippen molar-refractivity contribution in [3.63, 3.8) is 0 Å². The van der Waals surface area contributed by atoms with Gasteiger partial charge in [0.1, 0.15) is 5.60 Å². The molecule has 1 N–H and O–H groups in total. The predicted molar refractivity (Wildman–Crippen MR) is 113 cm³/mol. The Labute approximate surface area is 176 Å².